The molecular weight excluding hydrogens is 582 g/mol. The summed E-state index contributed by atoms with van der Waals surface area (Å²) in [6.45, 7) is 5.06. The Labute approximate surface area is 238 Å². The van der Waals surface area contributed by atoms with Crippen LogP contribution in [0.2, 0.25) is 0 Å². The van der Waals surface area contributed by atoms with Gasteiger partial charge in [0.25, 0.3) is 5.91 Å². The second-order valence-corrected chi connectivity index (χ2v) is 11.8. The van der Waals surface area contributed by atoms with Gasteiger partial charge in [-0.05, 0) is 92.2 Å². The molecule has 0 unspecified atom stereocenters. The Kier molecular flexibility index (Phi) is 7.25. The van der Waals surface area contributed by atoms with E-state index >= 15 is 0 Å². The maximum absolute atomic E-state index is 13.7. The first-order chi connectivity index (χ1) is 18.9. The number of nitrogens with one attached hydrogen (secondary N) is 2. The summed E-state index contributed by atoms with van der Waals surface area (Å²) < 4.78 is 7.29. The zero-order valence-corrected chi connectivity index (χ0v) is 23.9. The summed E-state index contributed by atoms with van der Waals surface area (Å²) in [5.41, 5.74) is 5.74. The number of likely N-dealkylation sites (tertiary alicyclic amines) is 1. The van der Waals surface area contributed by atoms with Gasteiger partial charge in [0, 0.05) is 17.1 Å². The van der Waals surface area contributed by atoms with Gasteiger partial charge >= 0.3 is 6.09 Å². The number of primary amides is 1. The van der Waals surface area contributed by atoms with Gasteiger partial charge < -0.3 is 20.7 Å². The Hall–Kier alpha value is -4.00. The van der Waals surface area contributed by atoms with Crippen LogP contribution in [-0.4, -0.2) is 61.2 Å². The third-order valence-corrected chi connectivity index (χ3v) is 7.46. The molecule has 5 rings (SSSR count). The van der Waals surface area contributed by atoms with E-state index in [0.29, 0.717) is 27.0 Å². The Balaban J connectivity index is 1.38. The van der Waals surface area contributed by atoms with Gasteiger partial charge in [-0.2, -0.15) is 5.10 Å². The third-order valence-electron chi connectivity index (χ3n) is 7.02. The predicted octanol–water partition coefficient (Wildman–Crippen LogP) is 3.66. The highest BCUT2D eigenvalue weighted by Gasteiger charge is 2.51. The SMILES string of the molecule is CC(C)(C)OC(=O)Nc1ccc2c(c1)c(C(N)=O)nn2CC(=O)N1[C@@H]2CC[C@@H](C2)[C@H]1C(=O)Nc1cccc(Br)n1. The third kappa shape index (κ3) is 5.64. The van der Waals surface area contributed by atoms with Crippen molar-refractivity contribution >= 4 is 62.2 Å². The first-order valence-electron chi connectivity index (χ1n) is 12.9. The average molecular weight is 612 g/mol. The number of pyridine rings is 1. The van der Waals surface area contributed by atoms with Crippen LogP contribution in [0.1, 0.15) is 50.5 Å². The van der Waals surface area contributed by atoms with Crippen molar-refractivity contribution in [1.82, 2.24) is 19.7 Å². The van der Waals surface area contributed by atoms with E-state index in [-0.39, 0.29) is 36.0 Å². The van der Waals surface area contributed by atoms with Crippen LogP contribution in [0.15, 0.2) is 41.0 Å². The van der Waals surface area contributed by atoms with Crippen LogP contribution in [0.4, 0.5) is 16.3 Å². The zero-order chi connectivity index (χ0) is 28.8. The molecule has 12 nitrogen and oxygen atoms in total. The molecule has 2 fully saturated rings. The lowest BCUT2D eigenvalue weighted by molar-refractivity contribution is -0.141. The topological polar surface area (TPSA) is 162 Å². The molecule has 4 amide bonds. The number of nitrogens with two attached hydrogens (primary N) is 1. The number of rotatable bonds is 6. The lowest BCUT2D eigenvalue weighted by Crippen LogP contribution is -2.52. The number of fused-ring (bicyclic) bond motifs is 3. The first kappa shape index (κ1) is 27.6. The fourth-order valence-corrected chi connectivity index (χ4v) is 5.90. The van der Waals surface area contributed by atoms with Crippen molar-refractivity contribution in [3.63, 3.8) is 0 Å². The van der Waals surface area contributed by atoms with Gasteiger partial charge in [-0.1, -0.05) is 6.07 Å². The van der Waals surface area contributed by atoms with E-state index in [0.717, 1.165) is 19.3 Å². The van der Waals surface area contributed by atoms with Crippen molar-refractivity contribution in [2.45, 2.75) is 64.3 Å². The molecule has 3 atom stereocenters. The molecule has 2 aromatic heterocycles. The molecule has 210 valence electrons. The Morgan fingerprint density at radius 2 is 1.90 bits per heavy atom. The fourth-order valence-electron chi connectivity index (χ4n) is 5.55. The molecule has 13 heteroatoms. The number of hydrogen-bond acceptors (Lipinski definition) is 7. The van der Waals surface area contributed by atoms with Crippen LogP contribution < -0.4 is 16.4 Å². The Morgan fingerprint density at radius 3 is 2.60 bits per heavy atom. The summed E-state index contributed by atoms with van der Waals surface area (Å²) in [7, 11) is 0. The minimum atomic E-state index is -0.773. The summed E-state index contributed by atoms with van der Waals surface area (Å²) in [4.78, 5) is 57.3. The van der Waals surface area contributed by atoms with Crippen molar-refractivity contribution in [2.24, 2.45) is 11.7 Å². The van der Waals surface area contributed by atoms with Crippen LogP contribution in [0, 0.1) is 5.92 Å². The van der Waals surface area contributed by atoms with Crippen molar-refractivity contribution in [1.29, 1.82) is 0 Å². The fraction of sp³-hybridized carbons (Fsp3) is 0.407. The molecule has 1 aliphatic heterocycles. The number of carbonyl (C=O) groups excluding carboxylic acids is 4. The Bertz CT molecular complexity index is 1510. The van der Waals surface area contributed by atoms with Crippen molar-refractivity contribution in [2.75, 3.05) is 10.6 Å². The number of amides is 4. The van der Waals surface area contributed by atoms with E-state index in [1.807, 2.05) is 0 Å². The van der Waals surface area contributed by atoms with Crippen LogP contribution in [0.25, 0.3) is 10.9 Å². The highest BCUT2D eigenvalue weighted by molar-refractivity contribution is 9.10. The predicted molar refractivity (Wildman–Crippen MR) is 150 cm³/mol. The molecule has 40 heavy (non-hydrogen) atoms. The van der Waals surface area contributed by atoms with E-state index < -0.39 is 23.6 Å². The van der Waals surface area contributed by atoms with E-state index in [1.54, 1.807) is 62.1 Å². The van der Waals surface area contributed by atoms with Crippen molar-refractivity contribution in [3.05, 3.63) is 46.7 Å². The number of aromatic nitrogens is 3. The maximum Gasteiger partial charge on any atom is 0.412 e. The van der Waals surface area contributed by atoms with Crippen LogP contribution in [0.5, 0.6) is 0 Å². The molecule has 2 aliphatic rings. The van der Waals surface area contributed by atoms with Gasteiger partial charge in [0.15, 0.2) is 5.69 Å². The molecule has 1 aromatic carbocycles. The summed E-state index contributed by atoms with van der Waals surface area (Å²) >= 11 is 3.30. The van der Waals surface area contributed by atoms with Crippen molar-refractivity contribution < 1.29 is 23.9 Å². The second-order valence-electron chi connectivity index (χ2n) is 11.0. The Morgan fingerprint density at radius 1 is 1.12 bits per heavy atom. The van der Waals surface area contributed by atoms with Gasteiger partial charge in [0.1, 0.15) is 28.6 Å². The smallest absolute Gasteiger partial charge is 0.412 e. The number of nitrogens with zero attached hydrogens (tertiary/aromatic N) is 4. The van der Waals surface area contributed by atoms with Gasteiger partial charge in [-0.25, -0.2) is 9.78 Å². The summed E-state index contributed by atoms with van der Waals surface area (Å²) in [6.07, 6.45) is 1.78. The van der Waals surface area contributed by atoms with Crippen LogP contribution >= 0.6 is 15.9 Å². The summed E-state index contributed by atoms with van der Waals surface area (Å²) in [5.74, 6) is -0.893. The van der Waals surface area contributed by atoms with Gasteiger partial charge in [0.05, 0.1) is 5.52 Å². The normalized spacial score (nSPS) is 20.0. The number of carbonyl (C=O) groups is 4. The molecule has 0 radical (unpaired) electrons. The number of benzene rings is 1. The highest BCUT2D eigenvalue weighted by atomic mass is 79.9. The van der Waals surface area contributed by atoms with Gasteiger partial charge in [-0.3, -0.25) is 24.4 Å². The highest BCUT2D eigenvalue weighted by Crippen LogP contribution is 2.43. The monoisotopic (exact) mass is 611 g/mol. The van der Waals surface area contributed by atoms with Crippen molar-refractivity contribution in [3.8, 4) is 0 Å². The molecule has 1 saturated heterocycles. The van der Waals surface area contributed by atoms with Crippen LogP contribution in [-0.2, 0) is 20.9 Å². The van der Waals surface area contributed by atoms with Crippen LogP contribution in [0.3, 0.4) is 0 Å². The quantitative estimate of drug-likeness (QED) is 0.358. The molecule has 3 aromatic rings. The van der Waals surface area contributed by atoms with Gasteiger partial charge in [0.2, 0.25) is 11.8 Å². The molecule has 1 saturated carbocycles. The molecule has 3 heterocycles. The average Bonchev–Trinajstić information content (AvgIpc) is 3.56. The molecule has 4 N–H and O–H groups in total. The second kappa shape index (κ2) is 10.5. The minimum Gasteiger partial charge on any atom is -0.444 e. The number of halogens is 1. The lowest BCUT2D eigenvalue weighted by Gasteiger charge is -2.34. The molecule has 2 bridgehead atoms. The minimum absolute atomic E-state index is 0.0337. The molecular formula is C27H30BrN7O5. The van der Waals surface area contributed by atoms with E-state index in [4.69, 9.17) is 10.5 Å². The number of ether oxygens (including phenoxy) is 1. The first-order valence-corrected chi connectivity index (χ1v) is 13.7. The summed E-state index contributed by atoms with van der Waals surface area (Å²) in [6, 6.07) is 9.37. The largest absolute Gasteiger partial charge is 0.444 e. The molecule has 1 aliphatic carbocycles. The summed E-state index contributed by atoms with van der Waals surface area (Å²) in [5, 5.41) is 10.2. The van der Waals surface area contributed by atoms with Gasteiger partial charge in [-0.15, -0.1) is 0 Å². The standard InChI is InChI=1S/C27H30BrN7O5/c1-27(2,3)40-26(39)30-15-8-10-18-17(12-15)22(24(29)37)33-34(18)13-21(36)35-16-9-7-14(11-16)23(35)25(38)32-20-6-4-5-19(28)31-20/h4-6,8,10,12,14,16,23H,7,9,11,13H2,1-3H3,(H2,29,37)(H,30,39)(H,31,32,38)/t14-,16+,23-/m0/s1. The number of piperidine rings is 1. The molecule has 0 spiro atoms. The maximum atomic E-state index is 13.7. The van der Waals surface area contributed by atoms with E-state index in [1.165, 1.54) is 4.68 Å². The van der Waals surface area contributed by atoms with E-state index in [9.17, 15) is 19.2 Å². The zero-order valence-electron chi connectivity index (χ0n) is 22.3. The van der Waals surface area contributed by atoms with E-state index in [2.05, 4.69) is 36.6 Å². The lowest BCUT2D eigenvalue weighted by atomic mass is 9.97. The number of hydrogen-bond donors (Lipinski definition) is 3. The number of anilines is 2.